The molecule has 0 bridgehead atoms. The first kappa shape index (κ1) is 21.4. The van der Waals surface area contributed by atoms with Crippen molar-refractivity contribution in [1.29, 1.82) is 0 Å². The minimum atomic E-state index is -3.71. The van der Waals surface area contributed by atoms with E-state index in [0.29, 0.717) is 6.07 Å². The van der Waals surface area contributed by atoms with Gasteiger partial charge in [-0.2, -0.15) is 0 Å². The Morgan fingerprint density at radius 3 is 2.25 bits per heavy atom. The van der Waals surface area contributed by atoms with Crippen molar-refractivity contribution in [3.05, 3.63) is 47.5 Å². The maximum atomic E-state index is 13.9. The minimum absolute atomic E-state index is 0.0134. The third kappa shape index (κ3) is 4.33. The van der Waals surface area contributed by atoms with Crippen LogP contribution in [0, 0.1) is 11.6 Å². The van der Waals surface area contributed by atoms with E-state index in [9.17, 15) is 22.0 Å². The summed E-state index contributed by atoms with van der Waals surface area (Å²) in [5.41, 5.74) is -0.339. The van der Waals surface area contributed by atoms with Crippen LogP contribution in [0.25, 0.3) is 0 Å². The number of nitrogens with one attached hydrogen (secondary N) is 1. The van der Waals surface area contributed by atoms with E-state index in [1.807, 2.05) is 0 Å². The van der Waals surface area contributed by atoms with E-state index < -0.39 is 27.6 Å². The van der Waals surface area contributed by atoms with Crippen molar-refractivity contribution >= 4 is 27.3 Å². The molecule has 0 spiro atoms. The molecule has 7 nitrogen and oxygen atoms in total. The molecule has 152 valence electrons. The summed E-state index contributed by atoms with van der Waals surface area (Å²) in [5.74, 6) is -2.38. The van der Waals surface area contributed by atoms with Gasteiger partial charge in [0.25, 0.3) is 5.91 Å². The molecular formula is C18H20F2N2O5S. The fourth-order valence-corrected chi connectivity index (χ4v) is 3.27. The highest BCUT2D eigenvalue weighted by atomic mass is 32.2. The van der Waals surface area contributed by atoms with Crippen molar-refractivity contribution in [3.63, 3.8) is 0 Å². The molecule has 1 amide bonds. The van der Waals surface area contributed by atoms with Crippen LogP contribution in [-0.4, -0.2) is 41.3 Å². The van der Waals surface area contributed by atoms with Crippen LogP contribution in [0.3, 0.4) is 0 Å². The largest absolute Gasteiger partial charge is 0.493 e. The second kappa shape index (κ2) is 8.42. The summed E-state index contributed by atoms with van der Waals surface area (Å²) in [6.45, 7) is 1.46. The van der Waals surface area contributed by atoms with Gasteiger partial charge in [0.1, 0.15) is 11.6 Å². The second-order valence-electron chi connectivity index (χ2n) is 5.67. The van der Waals surface area contributed by atoms with Crippen LogP contribution in [0.1, 0.15) is 17.3 Å². The smallest absolute Gasteiger partial charge is 0.258 e. The molecule has 28 heavy (non-hydrogen) atoms. The summed E-state index contributed by atoms with van der Waals surface area (Å²) in [4.78, 5) is 12.8. The fraction of sp³-hybridized carbons (Fsp3) is 0.278. The number of anilines is 2. The summed E-state index contributed by atoms with van der Waals surface area (Å²) in [6, 6.07) is 5.30. The van der Waals surface area contributed by atoms with Gasteiger partial charge in [0.2, 0.25) is 10.0 Å². The Morgan fingerprint density at radius 2 is 1.71 bits per heavy atom. The quantitative estimate of drug-likeness (QED) is 0.753. The number of methoxy groups -OCH3 is 2. The Bertz CT molecular complexity index is 996. The van der Waals surface area contributed by atoms with Crippen LogP contribution in [0.15, 0.2) is 30.3 Å². The molecule has 0 aliphatic rings. The van der Waals surface area contributed by atoms with Gasteiger partial charge < -0.3 is 14.8 Å². The van der Waals surface area contributed by atoms with Gasteiger partial charge in [0.05, 0.1) is 36.9 Å². The molecule has 2 rings (SSSR count). The number of ether oxygens (including phenoxy) is 2. The van der Waals surface area contributed by atoms with Gasteiger partial charge in [-0.25, -0.2) is 17.2 Å². The van der Waals surface area contributed by atoms with Crippen molar-refractivity contribution < 1.29 is 31.5 Å². The number of hydrogen-bond donors (Lipinski definition) is 1. The zero-order chi connectivity index (χ0) is 21.1. The summed E-state index contributed by atoms with van der Waals surface area (Å²) in [7, 11) is 0.299. The van der Waals surface area contributed by atoms with E-state index in [4.69, 9.17) is 9.47 Å². The number of carbonyl (C=O) groups is 1. The van der Waals surface area contributed by atoms with E-state index in [0.717, 1.165) is 16.4 Å². The maximum Gasteiger partial charge on any atom is 0.258 e. The Kier molecular flexibility index (Phi) is 6.45. The Balaban J connectivity index is 2.58. The molecule has 0 aromatic heterocycles. The second-order valence-corrected chi connectivity index (χ2v) is 7.96. The summed E-state index contributed by atoms with van der Waals surface area (Å²) >= 11 is 0. The number of nitrogens with zero attached hydrogens (tertiary/aromatic N) is 1. The average Bonchev–Trinajstić information content (AvgIpc) is 2.68. The first-order valence-corrected chi connectivity index (χ1v) is 9.74. The standard InChI is InChI=1S/C18H20F2N2O5S/c1-5-28(24,25)22(2)15-10-17(27-4)16(26-3)9-12(15)18(23)21-14-7-6-11(19)8-13(14)20/h6-10H,5H2,1-4H3,(H,21,23). The molecule has 0 fully saturated rings. The van der Waals surface area contributed by atoms with Gasteiger partial charge in [-0.05, 0) is 25.1 Å². The molecule has 0 saturated heterocycles. The molecule has 0 aliphatic carbocycles. The van der Waals surface area contributed by atoms with Crippen molar-refractivity contribution in [3.8, 4) is 11.5 Å². The van der Waals surface area contributed by atoms with Gasteiger partial charge in [-0.3, -0.25) is 9.10 Å². The lowest BCUT2D eigenvalue weighted by Gasteiger charge is -2.23. The predicted octanol–water partition coefficient (Wildman–Crippen LogP) is 3.02. The van der Waals surface area contributed by atoms with Crippen LogP contribution in [0.4, 0.5) is 20.2 Å². The number of hydrogen-bond acceptors (Lipinski definition) is 5. The van der Waals surface area contributed by atoms with E-state index in [2.05, 4.69) is 5.32 Å². The van der Waals surface area contributed by atoms with Crippen LogP contribution < -0.4 is 19.1 Å². The lowest BCUT2D eigenvalue weighted by Crippen LogP contribution is -2.30. The number of amides is 1. The molecule has 0 saturated carbocycles. The van der Waals surface area contributed by atoms with Gasteiger partial charge >= 0.3 is 0 Å². The third-order valence-electron chi connectivity index (χ3n) is 4.05. The molecule has 2 aromatic carbocycles. The van der Waals surface area contributed by atoms with Crippen molar-refractivity contribution in [2.24, 2.45) is 0 Å². The lowest BCUT2D eigenvalue weighted by molar-refractivity contribution is 0.102. The first-order valence-electron chi connectivity index (χ1n) is 8.13. The van der Waals surface area contributed by atoms with Crippen LogP contribution >= 0.6 is 0 Å². The number of sulfonamides is 1. The highest BCUT2D eigenvalue weighted by Gasteiger charge is 2.25. The zero-order valence-corrected chi connectivity index (χ0v) is 16.6. The molecule has 10 heteroatoms. The zero-order valence-electron chi connectivity index (χ0n) is 15.7. The number of carbonyl (C=O) groups excluding carboxylic acids is 1. The Hall–Kier alpha value is -2.88. The minimum Gasteiger partial charge on any atom is -0.493 e. The Labute approximate surface area is 161 Å². The van der Waals surface area contributed by atoms with Crippen molar-refractivity contribution in [2.75, 3.05) is 36.6 Å². The van der Waals surface area contributed by atoms with Gasteiger partial charge in [0, 0.05) is 19.2 Å². The summed E-state index contributed by atoms with van der Waals surface area (Å²) in [6.07, 6.45) is 0. The molecule has 0 atom stereocenters. The SMILES string of the molecule is CCS(=O)(=O)N(C)c1cc(OC)c(OC)cc1C(=O)Nc1ccc(F)cc1F. The monoisotopic (exact) mass is 414 g/mol. The first-order chi connectivity index (χ1) is 13.1. The lowest BCUT2D eigenvalue weighted by atomic mass is 10.1. The van der Waals surface area contributed by atoms with Gasteiger partial charge in [0.15, 0.2) is 11.5 Å². The topological polar surface area (TPSA) is 84.9 Å². The van der Waals surface area contributed by atoms with E-state index in [1.54, 1.807) is 0 Å². The molecule has 0 radical (unpaired) electrons. The van der Waals surface area contributed by atoms with Gasteiger partial charge in [-0.1, -0.05) is 0 Å². The Morgan fingerprint density at radius 1 is 1.11 bits per heavy atom. The van der Waals surface area contributed by atoms with Crippen LogP contribution in [-0.2, 0) is 10.0 Å². The van der Waals surface area contributed by atoms with Gasteiger partial charge in [-0.15, -0.1) is 0 Å². The highest BCUT2D eigenvalue weighted by molar-refractivity contribution is 7.92. The molecular weight excluding hydrogens is 394 g/mol. The average molecular weight is 414 g/mol. The van der Waals surface area contributed by atoms with E-state index >= 15 is 0 Å². The van der Waals surface area contributed by atoms with Crippen molar-refractivity contribution in [2.45, 2.75) is 6.92 Å². The van der Waals surface area contributed by atoms with Crippen LogP contribution in [0.5, 0.6) is 11.5 Å². The fourth-order valence-electron chi connectivity index (χ4n) is 2.43. The molecule has 0 heterocycles. The summed E-state index contributed by atoms with van der Waals surface area (Å²) in [5, 5.41) is 2.31. The molecule has 2 aromatic rings. The molecule has 0 unspecified atom stereocenters. The normalized spacial score (nSPS) is 11.1. The number of rotatable bonds is 7. The molecule has 0 aliphatic heterocycles. The highest BCUT2D eigenvalue weighted by Crippen LogP contribution is 2.36. The molecule has 1 N–H and O–H groups in total. The van der Waals surface area contributed by atoms with Crippen LogP contribution in [0.2, 0.25) is 0 Å². The maximum absolute atomic E-state index is 13.9. The van der Waals surface area contributed by atoms with E-state index in [-0.39, 0.29) is 34.2 Å². The third-order valence-corrected chi connectivity index (χ3v) is 5.81. The summed E-state index contributed by atoms with van der Waals surface area (Å²) < 4.78 is 62.8. The predicted molar refractivity (Wildman–Crippen MR) is 102 cm³/mol. The number of benzene rings is 2. The number of halogens is 2. The van der Waals surface area contributed by atoms with E-state index in [1.165, 1.54) is 40.3 Å². The van der Waals surface area contributed by atoms with Crippen molar-refractivity contribution in [1.82, 2.24) is 0 Å².